The summed E-state index contributed by atoms with van der Waals surface area (Å²) in [4.78, 5) is 13.6. The predicted octanol–water partition coefficient (Wildman–Crippen LogP) is 1.85. The maximum Gasteiger partial charge on any atom is 0.224 e. The molecule has 0 aliphatic carbocycles. The third-order valence-corrected chi connectivity index (χ3v) is 2.53. The Labute approximate surface area is 109 Å². The minimum absolute atomic E-state index is 0.0590. The highest BCUT2D eigenvalue weighted by molar-refractivity contribution is 5.90. The fraction of sp³-hybridized carbons (Fsp3) is 0.500. The van der Waals surface area contributed by atoms with Crippen LogP contribution in [0, 0.1) is 0 Å². The Bertz CT molecular complexity index is 372. The van der Waals surface area contributed by atoms with E-state index in [1.54, 1.807) is 6.92 Å². The quantitative estimate of drug-likeness (QED) is 0.810. The van der Waals surface area contributed by atoms with Gasteiger partial charge in [-0.3, -0.25) is 4.79 Å². The molecule has 0 saturated heterocycles. The molecular formula is C14H22N2O2. The molecule has 1 unspecified atom stereocenters. The van der Waals surface area contributed by atoms with Gasteiger partial charge in [-0.25, -0.2) is 0 Å². The van der Waals surface area contributed by atoms with Gasteiger partial charge in [0, 0.05) is 18.7 Å². The van der Waals surface area contributed by atoms with E-state index in [0.29, 0.717) is 12.8 Å². The normalized spacial score (nSPS) is 12.5. The molecule has 4 nitrogen and oxygen atoms in total. The number of hydrogen-bond donors (Lipinski definition) is 2. The first-order chi connectivity index (χ1) is 8.47. The molecule has 1 aromatic rings. The van der Waals surface area contributed by atoms with Crippen LogP contribution in [-0.2, 0) is 11.3 Å². The van der Waals surface area contributed by atoms with Gasteiger partial charge in [0.1, 0.15) is 0 Å². The minimum Gasteiger partial charge on any atom is -0.393 e. The molecule has 2 N–H and O–H groups in total. The molecule has 0 aromatic heterocycles. The van der Waals surface area contributed by atoms with Gasteiger partial charge in [-0.15, -0.1) is 0 Å². The van der Waals surface area contributed by atoms with E-state index in [1.165, 1.54) is 5.56 Å². The molecule has 0 heterocycles. The Morgan fingerprint density at radius 3 is 2.44 bits per heavy atom. The Balaban J connectivity index is 2.45. The molecule has 4 heteroatoms. The van der Waals surface area contributed by atoms with E-state index >= 15 is 0 Å². The Morgan fingerprint density at radius 1 is 1.33 bits per heavy atom. The van der Waals surface area contributed by atoms with Crippen molar-refractivity contribution in [1.82, 2.24) is 4.90 Å². The highest BCUT2D eigenvalue weighted by Crippen LogP contribution is 2.11. The largest absolute Gasteiger partial charge is 0.393 e. The fourth-order valence-electron chi connectivity index (χ4n) is 1.62. The second kappa shape index (κ2) is 7.13. The van der Waals surface area contributed by atoms with Crippen molar-refractivity contribution in [3.63, 3.8) is 0 Å². The lowest BCUT2D eigenvalue weighted by Crippen LogP contribution is -2.14. The highest BCUT2D eigenvalue weighted by atomic mass is 16.3. The number of aliphatic hydroxyl groups is 1. The van der Waals surface area contributed by atoms with Crippen LogP contribution in [0.2, 0.25) is 0 Å². The summed E-state index contributed by atoms with van der Waals surface area (Å²) in [5.74, 6) is -0.0590. The molecule has 18 heavy (non-hydrogen) atoms. The average molecular weight is 250 g/mol. The maximum atomic E-state index is 11.5. The second-order valence-electron chi connectivity index (χ2n) is 4.87. The average Bonchev–Trinajstić information content (AvgIpc) is 2.28. The van der Waals surface area contributed by atoms with E-state index in [9.17, 15) is 4.79 Å². The van der Waals surface area contributed by atoms with E-state index in [0.717, 1.165) is 12.2 Å². The standard InChI is InChI=1S/C14H22N2O2/c1-11(17)4-9-14(18)15-13-7-5-12(6-8-13)10-16(2)3/h5-8,11,17H,4,9-10H2,1-3H3,(H,15,18). The van der Waals surface area contributed by atoms with Crippen LogP contribution in [0.1, 0.15) is 25.3 Å². The van der Waals surface area contributed by atoms with Crippen LogP contribution in [0.15, 0.2) is 24.3 Å². The van der Waals surface area contributed by atoms with Crippen LogP contribution >= 0.6 is 0 Å². The summed E-state index contributed by atoms with van der Waals surface area (Å²) in [5, 5.41) is 11.9. The van der Waals surface area contributed by atoms with E-state index in [2.05, 4.69) is 10.2 Å². The number of nitrogens with one attached hydrogen (secondary N) is 1. The Hall–Kier alpha value is -1.39. The Morgan fingerprint density at radius 2 is 1.94 bits per heavy atom. The zero-order chi connectivity index (χ0) is 13.5. The third kappa shape index (κ3) is 5.80. The van der Waals surface area contributed by atoms with Crippen molar-refractivity contribution in [2.24, 2.45) is 0 Å². The number of aliphatic hydroxyl groups excluding tert-OH is 1. The van der Waals surface area contributed by atoms with Crippen LogP contribution in [-0.4, -0.2) is 36.1 Å². The molecule has 0 saturated carbocycles. The second-order valence-corrected chi connectivity index (χ2v) is 4.87. The summed E-state index contributed by atoms with van der Waals surface area (Å²) < 4.78 is 0. The monoisotopic (exact) mass is 250 g/mol. The zero-order valence-electron chi connectivity index (χ0n) is 11.3. The predicted molar refractivity (Wildman–Crippen MR) is 73.4 cm³/mol. The number of carbonyl (C=O) groups excluding carboxylic acids is 1. The van der Waals surface area contributed by atoms with Crippen LogP contribution in [0.5, 0.6) is 0 Å². The van der Waals surface area contributed by atoms with Gasteiger partial charge in [0.05, 0.1) is 6.10 Å². The Kier molecular flexibility index (Phi) is 5.82. The van der Waals surface area contributed by atoms with E-state index in [4.69, 9.17) is 5.11 Å². The van der Waals surface area contributed by atoms with Crippen molar-refractivity contribution in [3.05, 3.63) is 29.8 Å². The van der Waals surface area contributed by atoms with Crippen LogP contribution in [0.3, 0.4) is 0 Å². The summed E-state index contributed by atoms with van der Waals surface area (Å²) >= 11 is 0. The highest BCUT2D eigenvalue weighted by Gasteiger charge is 2.04. The van der Waals surface area contributed by atoms with E-state index in [1.807, 2.05) is 38.4 Å². The number of carbonyl (C=O) groups is 1. The van der Waals surface area contributed by atoms with E-state index < -0.39 is 6.10 Å². The molecule has 0 radical (unpaired) electrons. The molecule has 0 fully saturated rings. The van der Waals surface area contributed by atoms with Gasteiger partial charge < -0.3 is 15.3 Å². The smallest absolute Gasteiger partial charge is 0.224 e. The lowest BCUT2D eigenvalue weighted by molar-refractivity contribution is -0.116. The van der Waals surface area contributed by atoms with Crippen LogP contribution in [0.4, 0.5) is 5.69 Å². The number of anilines is 1. The number of rotatable bonds is 6. The molecule has 1 aromatic carbocycles. The summed E-state index contributed by atoms with van der Waals surface area (Å²) in [7, 11) is 4.04. The lowest BCUT2D eigenvalue weighted by Gasteiger charge is -2.11. The molecule has 1 atom stereocenters. The van der Waals surface area contributed by atoms with Crippen LogP contribution < -0.4 is 5.32 Å². The van der Waals surface area contributed by atoms with Crippen molar-refractivity contribution >= 4 is 11.6 Å². The van der Waals surface area contributed by atoms with Gasteiger partial charge in [-0.2, -0.15) is 0 Å². The molecule has 1 amide bonds. The molecule has 0 aliphatic rings. The summed E-state index contributed by atoms with van der Waals surface area (Å²) in [6.07, 6.45) is 0.403. The van der Waals surface area contributed by atoms with Crippen LogP contribution in [0.25, 0.3) is 0 Å². The van der Waals surface area contributed by atoms with Crippen molar-refractivity contribution < 1.29 is 9.90 Å². The molecular weight excluding hydrogens is 228 g/mol. The van der Waals surface area contributed by atoms with Gasteiger partial charge in [0.25, 0.3) is 0 Å². The number of nitrogens with zero attached hydrogens (tertiary/aromatic N) is 1. The summed E-state index contributed by atoms with van der Waals surface area (Å²) in [6.45, 7) is 2.57. The number of benzene rings is 1. The van der Waals surface area contributed by atoms with E-state index in [-0.39, 0.29) is 5.91 Å². The first kappa shape index (κ1) is 14.7. The van der Waals surface area contributed by atoms with Gasteiger partial charge in [0.2, 0.25) is 5.91 Å². The molecule has 1 rings (SSSR count). The number of hydrogen-bond acceptors (Lipinski definition) is 3. The first-order valence-corrected chi connectivity index (χ1v) is 6.19. The first-order valence-electron chi connectivity index (χ1n) is 6.19. The number of amides is 1. The molecule has 0 aliphatic heterocycles. The van der Waals surface area contributed by atoms with Gasteiger partial charge >= 0.3 is 0 Å². The molecule has 0 bridgehead atoms. The summed E-state index contributed by atoms with van der Waals surface area (Å²) in [6, 6.07) is 7.81. The van der Waals surface area contributed by atoms with Crippen molar-refractivity contribution in [2.45, 2.75) is 32.4 Å². The summed E-state index contributed by atoms with van der Waals surface area (Å²) in [5.41, 5.74) is 2.01. The lowest BCUT2D eigenvalue weighted by atomic mass is 10.2. The van der Waals surface area contributed by atoms with Crippen molar-refractivity contribution in [1.29, 1.82) is 0 Å². The minimum atomic E-state index is -0.432. The maximum absolute atomic E-state index is 11.5. The SMILES string of the molecule is CC(O)CCC(=O)Nc1ccc(CN(C)C)cc1. The van der Waals surface area contributed by atoms with Crippen molar-refractivity contribution in [2.75, 3.05) is 19.4 Å². The van der Waals surface area contributed by atoms with Gasteiger partial charge in [-0.1, -0.05) is 12.1 Å². The molecule has 0 spiro atoms. The topological polar surface area (TPSA) is 52.6 Å². The molecule has 100 valence electrons. The fourth-order valence-corrected chi connectivity index (χ4v) is 1.62. The van der Waals surface area contributed by atoms with Crippen molar-refractivity contribution in [3.8, 4) is 0 Å². The van der Waals surface area contributed by atoms with Gasteiger partial charge in [-0.05, 0) is 45.1 Å². The van der Waals surface area contributed by atoms with Gasteiger partial charge in [0.15, 0.2) is 0 Å². The third-order valence-electron chi connectivity index (χ3n) is 2.53. The zero-order valence-corrected chi connectivity index (χ0v) is 11.3.